The molecule has 6 atom stereocenters. The number of aromatic nitrogens is 3. The number of aliphatic hydroxyl groups excluding tert-OH is 1. The van der Waals surface area contributed by atoms with Crippen molar-refractivity contribution in [2.24, 2.45) is 10.8 Å². The SMILES string of the molecule is COC(=O)N[C@H](C(=O)N[C@@H](Cc1ccc(C#Cc2ccc(N3CC4CCC(C3)N4C3COC3)nc2)cc1)[C@@H](O)CN(Cc1c(F)cc(-c2ccn(C(F)F)n2)cc1F)NC(=O)[C@@H](NC(=O)OC1COC1)C(C)(C)C)C(C)(C)C(F)(F)F. The van der Waals surface area contributed by atoms with Crippen molar-refractivity contribution in [2.75, 3.05) is 58.1 Å². The van der Waals surface area contributed by atoms with Gasteiger partial charge in [-0.25, -0.2) is 33.0 Å². The number of nitrogens with zero attached hydrogens (tertiary/aromatic N) is 6. The van der Waals surface area contributed by atoms with Gasteiger partial charge in [-0.1, -0.05) is 44.7 Å². The van der Waals surface area contributed by atoms with E-state index in [0.717, 1.165) is 81.5 Å². The smallest absolute Gasteiger partial charge is 0.408 e. The minimum absolute atomic E-state index is 0.113. The van der Waals surface area contributed by atoms with E-state index in [9.17, 15) is 46.2 Å². The van der Waals surface area contributed by atoms with E-state index in [0.29, 0.717) is 48.7 Å². The number of nitrogens with one attached hydrogen (secondary N) is 4. The molecule has 2 aromatic carbocycles. The van der Waals surface area contributed by atoms with Gasteiger partial charge in [0, 0.05) is 72.9 Å². The number of methoxy groups -OCH3 is 1. The molecule has 0 spiro atoms. The number of benzene rings is 2. The van der Waals surface area contributed by atoms with Crippen LogP contribution in [0.5, 0.6) is 0 Å². The van der Waals surface area contributed by atoms with Crippen LogP contribution in [0.3, 0.4) is 0 Å². The first-order valence-electron chi connectivity index (χ1n) is 26.3. The van der Waals surface area contributed by atoms with E-state index >= 15 is 8.78 Å². The van der Waals surface area contributed by atoms with E-state index in [1.54, 1.807) is 51.2 Å². The first kappa shape index (κ1) is 60.1. The average Bonchev–Trinajstić information content (AvgIpc) is 3.98. The molecule has 26 heteroatoms. The molecule has 2 unspecified atom stereocenters. The molecule has 4 fully saturated rings. The average molecular weight is 1140 g/mol. The van der Waals surface area contributed by atoms with Crippen LogP contribution in [0.4, 0.5) is 46.1 Å². The number of ether oxygens (including phenoxy) is 4. The van der Waals surface area contributed by atoms with Gasteiger partial charge >= 0.3 is 24.9 Å². The molecule has 4 aromatic rings. The van der Waals surface area contributed by atoms with Crippen molar-refractivity contribution >= 4 is 29.8 Å². The quantitative estimate of drug-likeness (QED) is 0.0424. The van der Waals surface area contributed by atoms with Crippen molar-refractivity contribution in [1.29, 1.82) is 0 Å². The summed E-state index contributed by atoms with van der Waals surface area (Å²) in [5, 5.41) is 23.6. The zero-order valence-corrected chi connectivity index (χ0v) is 45.4. The number of hydrogen-bond acceptors (Lipinski definition) is 14. The van der Waals surface area contributed by atoms with Gasteiger partial charge in [0.1, 0.15) is 29.5 Å². The summed E-state index contributed by atoms with van der Waals surface area (Å²) in [6, 6.07) is 8.99. The van der Waals surface area contributed by atoms with Crippen LogP contribution in [0.1, 0.15) is 76.3 Å². The fourth-order valence-corrected chi connectivity index (χ4v) is 10.0. The largest absolute Gasteiger partial charge is 0.453 e. The van der Waals surface area contributed by atoms with Crippen LogP contribution >= 0.6 is 0 Å². The number of hydrazine groups is 1. The number of alkyl carbamates (subject to hydrolysis) is 2. The minimum atomic E-state index is -5.09. The van der Waals surface area contributed by atoms with Crippen LogP contribution < -0.4 is 26.3 Å². The van der Waals surface area contributed by atoms with Crippen LogP contribution in [0.15, 0.2) is 67.0 Å². The highest BCUT2D eigenvalue weighted by Gasteiger charge is 2.56. The fraction of sp³-hybridized carbons (Fsp3) is 0.527. The lowest BCUT2D eigenvalue weighted by atomic mass is 9.82. The molecule has 4 aliphatic rings. The van der Waals surface area contributed by atoms with Crippen molar-refractivity contribution < 1.29 is 74.0 Å². The number of carbonyl (C=O) groups excluding carboxylic acids is 4. The Bertz CT molecular complexity index is 2900. The molecule has 4 aliphatic heterocycles. The number of anilines is 1. The number of hydrogen-bond donors (Lipinski definition) is 5. The zero-order chi connectivity index (χ0) is 58.6. The van der Waals surface area contributed by atoms with E-state index in [1.807, 2.05) is 17.4 Å². The van der Waals surface area contributed by atoms with Crippen LogP contribution in [0, 0.1) is 34.3 Å². The van der Waals surface area contributed by atoms with Crippen LogP contribution in [0.2, 0.25) is 0 Å². The number of halogens is 7. The van der Waals surface area contributed by atoms with Gasteiger partial charge in [-0.05, 0) is 86.6 Å². The van der Waals surface area contributed by atoms with Gasteiger partial charge in [-0.3, -0.25) is 19.9 Å². The van der Waals surface area contributed by atoms with Gasteiger partial charge in [0.2, 0.25) is 5.91 Å². The van der Waals surface area contributed by atoms with E-state index in [2.05, 4.69) is 47.5 Å². The molecule has 438 valence electrons. The molecule has 4 saturated heterocycles. The lowest BCUT2D eigenvalue weighted by Crippen LogP contribution is -2.63. The predicted octanol–water partition coefficient (Wildman–Crippen LogP) is 5.84. The molecule has 8 rings (SSSR count). The number of aliphatic hydroxyl groups is 1. The second-order valence-corrected chi connectivity index (χ2v) is 22.2. The Labute approximate surface area is 463 Å². The Morgan fingerprint density at radius 2 is 1.43 bits per heavy atom. The third-order valence-corrected chi connectivity index (χ3v) is 14.9. The number of amides is 4. The summed E-state index contributed by atoms with van der Waals surface area (Å²) < 4.78 is 124. The summed E-state index contributed by atoms with van der Waals surface area (Å²) in [7, 11) is 0.881. The first-order valence-corrected chi connectivity index (χ1v) is 26.3. The number of alkyl halides is 5. The summed E-state index contributed by atoms with van der Waals surface area (Å²) in [5.41, 5.74) is -1.12. The standard InChI is InChI=1S/C55H65F7N10O9/c1-53(2,3)46(65-52(77)81-38-29-80-30-38)49(75)68-70(25-39-40(56)20-34(21-41(39)57)42-17-18-71(67-42)50(58)59)26-44(73)43(64-48(74)47(66-51(76)78-6)54(4,5)55(60,61)62)19-32-10-7-31(8-11-32)9-12-33-13-16-45(63-22-33)69-23-35-14-15-36(24-69)72(35)37-27-79-28-37/h7-8,10-11,13,16-18,20-22,35-38,43-44,46-47,50,73H,14-15,19,23-30H2,1-6H3,(H,64,74)(H,65,77)(H,66,76)(H,68,75)/t35?,36?,43-,44-,46+,47+/m0/s1. The second-order valence-electron chi connectivity index (χ2n) is 22.2. The maximum atomic E-state index is 16.1. The third kappa shape index (κ3) is 14.5. The number of piperazine rings is 1. The van der Waals surface area contributed by atoms with Crippen molar-refractivity contribution in [2.45, 2.75) is 122 Å². The lowest BCUT2D eigenvalue weighted by Gasteiger charge is -2.47. The zero-order valence-electron chi connectivity index (χ0n) is 45.4. The predicted molar refractivity (Wildman–Crippen MR) is 278 cm³/mol. The van der Waals surface area contributed by atoms with E-state index in [-0.39, 0.29) is 35.6 Å². The van der Waals surface area contributed by atoms with Crippen molar-refractivity contribution in [3.63, 3.8) is 0 Å². The van der Waals surface area contributed by atoms with Crippen molar-refractivity contribution in [3.8, 4) is 23.1 Å². The Morgan fingerprint density at radius 3 is 1.96 bits per heavy atom. The van der Waals surface area contributed by atoms with Crippen molar-refractivity contribution in [1.82, 2.24) is 46.0 Å². The topological polar surface area (TPSA) is 214 Å². The highest BCUT2D eigenvalue weighted by Crippen LogP contribution is 2.41. The van der Waals surface area contributed by atoms with E-state index in [4.69, 9.17) is 19.2 Å². The van der Waals surface area contributed by atoms with Gasteiger partial charge in [-0.2, -0.15) is 27.1 Å². The van der Waals surface area contributed by atoms with Crippen LogP contribution in [-0.2, 0) is 41.5 Å². The normalized spacial score (nSPS) is 19.3. The van der Waals surface area contributed by atoms with E-state index < -0.39 is 108 Å². The Kier molecular flexibility index (Phi) is 18.5. The Hall–Kier alpha value is -7.05. The molecule has 0 aliphatic carbocycles. The maximum absolute atomic E-state index is 16.1. The highest BCUT2D eigenvalue weighted by molar-refractivity contribution is 5.87. The second kappa shape index (κ2) is 25.0. The Morgan fingerprint density at radius 1 is 0.815 bits per heavy atom. The van der Waals surface area contributed by atoms with Crippen LogP contribution in [-0.4, -0.2) is 162 Å². The summed E-state index contributed by atoms with van der Waals surface area (Å²) >= 11 is 0. The molecule has 4 amide bonds. The molecule has 0 radical (unpaired) electrons. The third-order valence-electron chi connectivity index (χ3n) is 14.9. The Balaban J connectivity index is 1.06. The molecule has 0 saturated carbocycles. The van der Waals surface area contributed by atoms with Gasteiger partial charge < -0.3 is 44.9 Å². The number of pyridine rings is 1. The fourth-order valence-electron chi connectivity index (χ4n) is 10.0. The molecular weight excluding hydrogens is 1080 g/mol. The number of fused-ring (bicyclic) bond motifs is 2. The lowest BCUT2D eigenvalue weighted by molar-refractivity contribution is -0.220. The number of carbonyl (C=O) groups is 4. The van der Waals surface area contributed by atoms with Gasteiger partial charge in [-0.15, -0.1) is 0 Å². The molecular formula is C55H65F7N10O9. The monoisotopic (exact) mass is 1140 g/mol. The van der Waals surface area contributed by atoms with Crippen molar-refractivity contribution in [3.05, 3.63) is 101 Å². The van der Waals surface area contributed by atoms with Gasteiger partial charge in [0.15, 0.2) is 6.10 Å². The molecule has 2 bridgehead atoms. The summed E-state index contributed by atoms with van der Waals surface area (Å²) in [4.78, 5) is 63.5. The molecule has 6 heterocycles. The molecule has 2 aromatic heterocycles. The minimum Gasteiger partial charge on any atom is -0.453 e. The summed E-state index contributed by atoms with van der Waals surface area (Å²) in [6.07, 6.45) is -5.47. The first-order chi connectivity index (χ1) is 38.3. The van der Waals surface area contributed by atoms with Gasteiger partial charge in [0.05, 0.1) is 62.8 Å². The molecule has 5 N–H and O–H groups in total. The van der Waals surface area contributed by atoms with E-state index in [1.165, 1.54) is 0 Å². The van der Waals surface area contributed by atoms with Gasteiger partial charge in [0.25, 0.3) is 5.91 Å². The molecule has 19 nitrogen and oxygen atoms in total. The summed E-state index contributed by atoms with van der Waals surface area (Å²) in [6.45, 7) is 4.87. The number of rotatable bonds is 19. The maximum Gasteiger partial charge on any atom is 0.408 e. The van der Waals surface area contributed by atoms with Crippen LogP contribution in [0.25, 0.3) is 11.3 Å². The summed E-state index contributed by atoms with van der Waals surface area (Å²) in [5.74, 6) is 2.14. The molecule has 81 heavy (non-hydrogen) atoms. The highest BCUT2D eigenvalue weighted by atomic mass is 19.4.